The van der Waals surface area contributed by atoms with Crippen LogP contribution in [0, 0.1) is 0 Å². The van der Waals surface area contributed by atoms with Gasteiger partial charge in [0.25, 0.3) is 0 Å². The number of hydrogen-bond donors (Lipinski definition) is 5. The maximum Gasteiger partial charge on any atom is 0.318 e. The zero-order valence-corrected chi connectivity index (χ0v) is 3.92. The molecule has 6 heteroatoms. The molecule has 1 aliphatic rings. The molecule has 1 unspecified atom stereocenters. The van der Waals surface area contributed by atoms with Crippen molar-refractivity contribution in [2.45, 2.75) is 6.35 Å². The summed E-state index contributed by atoms with van der Waals surface area (Å²) in [6, 6.07) is -0.296. The summed E-state index contributed by atoms with van der Waals surface area (Å²) in [6.45, 7) is 0. The molecule has 5 N–H and O–H groups in total. The Bertz CT molecular complexity index is 113. The van der Waals surface area contributed by atoms with Crippen LogP contribution in [0.15, 0.2) is 5.10 Å². The highest BCUT2D eigenvalue weighted by Gasteiger charge is 2.06. The molecule has 0 aromatic carbocycles. The minimum Gasteiger partial charge on any atom is -0.479 e. The van der Waals surface area contributed by atoms with Crippen molar-refractivity contribution in [2.75, 3.05) is 0 Å². The monoisotopic (exact) mass is 118 g/mol. The zero-order chi connectivity index (χ0) is 5.98. The van der Waals surface area contributed by atoms with E-state index in [2.05, 4.69) is 21.4 Å². The second kappa shape index (κ2) is 1.85. The molecule has 0 bridgehead atoms. The molecule has 0 saturated carbocycles. The van der Waals surface area contributed by atoms with E-state index in [1.807, 2.05) is 0 Å². The van der Waals surface area contributed by atoms with E-state index in [4.69, 9.17) is 10.2 Å². The number of hydrogen-bond acceptors (Lipinski definition) is 5. The van der Waals surface area contributed by atoms with Crippen LogP contribution in [0.2, 0.25) is 0 Å². The molecule has 8 heavy (non-hydrogen) atoms. The summed E-state index contributed by atoms with van der Waals surface area (Å²) in [5, 5.41) is 20.2. The maximum atomic E-state index is 8.52. The Morgan fingerprint density at radius 1 is 1.62 bits per heavy atom. The smallest absolute Gasteiger partial charge is 0.318 e. The lowest BCUT2D eigenvalue weighted by Crippen LogP contribution is -2.54. The molecule has 6 nitrogen and oxygen atoms in total. The fourth-order valence-electron chi connectivity index (χ4n) is 0.315. The predicted molar refractivity (Wildman–Crippen MR) is 25.5 cm³/mol. The molecule has 0 saturated heterocycles. The Morgan fingerprint density at radius 2 is 2.38 bits per heavy atom. The fraction of sp³-hybridized carbons (Fsp3) is 0.500. The van der Waals surface area contributed by atoms with Crippen molar-refractivity contribution in [3.63, 3.8) is 0 Å². The summed E-state index contributed by atoms with van der Waals surface area (Å²) < 4.78 is 0. The van der Waals surface area contributed by atoms with Crippen molar-refractivity contribution >= 4 is 6.02 Å². The Labute approximate surface area is 45.2 Å². The van der Waals surface area contributed by atoms with E-state index < -0.39 is 6.35 Å². The fourth-order valence-corrected chi connectivity index (χ4v) is 0.315. The average molecular weight is 118 g/mol. The Morgan fingerprint density at radius 3 is 2.75 bits per heavy atom. The number of hydrazine groups is 1. The van der Waals surface area contributed by atoms with Gasteiger partial charge in [-0.1, -0.05) is 0 Å². The molecule has 1 rings (SSSR count). The van der Waals surface area contributed by atoms with Gasteiger partial charge in [0.15, 0.2) is 0 Å². The molecule has 46 valence electrons. The summed E-state index contributed by atoms with van der Waals surface area (Å²) in [5.74, 6) is 0. The van der Waals surface area contributed by atoms with Crippen molar-refractivity contribution in [1.82, 2.24) is 16.3 Å². The number of aliphatic hydroxyl groups is 2. The molecule has 1 atom stereocenters. The first-order valence-electron chi connectivity index (χ1n) is 2.01. The molecule has 0 spiro atoms. The van der Waals surface area contributed by atoms with Gasteiger partial charge in [0.1, 0.15) is 0 Å². The molecule has 1 aliphatic heterocycles. The standard InChI is InChI=1S/C2H6N4O2/c7-1-3-5-2(8)6-4-1/h1,3-4,7H,(H2,5,6,8). The van der Waals surface area contributed by atoms with E-state index in [1.165, 1.54) is 0 Å². The molecule has 0 aromatic heterocycles. The summed E-state index contributed by atoms with van der Waals surface area (Å²) in [5.41, 5.74) is 6.57. The van der Waals surface area contributed by atoms with E-state index in [-0.39, 0.29) is 6.02 Å². The van der Waals surface area contributed by atoms with Gasteiger partial charge in [-0.2, -0.15) is 5.43 Å². The van der Waals surface area contributed by atoms with Gasteiger partial charge in [0.05, 0.1) is 0 Å². The van der Waals surface area contributed by atoms with Gasteiger partial charge in [-0.05, 0) is 0 Å². The van der Waals surface area contributed by atoms with Crippen molar-refractivity contribution in [1.29, 1.82) is 0 Å². The number of nitrogens with zero attached hydrogens (tertiary/aromatic N) is 1. The highest BCUT2D eigenvalue weighted by atomic mass is 16.3. The first kappa shape index (κ1) is 5.13. The van der Waals surface area contributed by atoms with Crippen LogP contribution >= 0.6 is 0 Å². The second-order valence-electron chi connectivity index (χ2n) is 1.24. The maximum absolute atomic E-state index is 8.52. The Balaban J connectivity index is 2.42. The van der Waals surface area contributed by atoms with E-state index in [0.717, 1.165) is 0 Å². The van der Waals surface area contributed by atoms with Crippen LogP contribution in [0.5, 0.6) is 0 Å². The van der Waals surface area contributed by atoms with Crippen LogP contribution in [-0.2, 0) is 0 Å². The third-order valence-corrected chi connectivity index (χ3v) is 0.613. The zero-order valence-electron chi connectivity index (χ0n) is 3.92. The van der Waals surface area contributed by atoms with Gasteiger partial charge < -0.3 is 10.2 Å². The highest BCUT2D eigenvalue weighted by Crippen LogP contribution is 1.73. The molecule has 0 fully saturated rings. The van der Waals surface area contributed by atoms with Gasteiger partial charge in [-0.15, -0.1) is 5.10 Å². The lowest BCUT2D eigenvalue weighted by molar-refractivity contribution is 0.0817. The number of rotatable bonds is 0. The van der Waals surface area contributed by atoms with Crippen molar-refractivity contribution in [3.8, 4) is 0 Å². The minimum atomic E-state index is -0.939. The van der Waals surface area contributed by atoms with Crippen LogP contribution in [0.4, 0.5) is 0 Å². The van der Waals surface area contributed by atoms with Crippen LogP contribution < -0.4 is 16.3 Å². The topological polar surface area (TPSA) is 88.9 Å². The van der Waals surface area contributed by atoms with Gasteiger partial charge in [-0.25, -0.2) is 0 Å². The SMILES string of the molecule is OC1=NNC(O)NN1. The first-order valence-corrected chi connectivity index (χ1v) is 2.01. The molecule has 0 radical (unpaired) electrons. The third kappa shape index (κ3) is 0.983. The quantitative estimate of drug-likeness (QED) is 0.249. The molecular formula is C2H6N4O2. The minimum absolute atomic E-state index is 0.296. The predicted octanol–water partition coefficient (Wildman–Crippen LogP) is -2.21. The molecular weight excluding hydrogens is 112 g/mol. The Kier molecular flexibility index (Phi) is 1.18. The van der Waals surface area contributed by atoms with E-state index in [9.17, 15) is 0 Å². The number of nitrogens with one attached hydrogen (secondary N) is 3. The Hall–Kier alpha value is -1.01. The van der Waals surface area contributed by atoms with Crippen molar-refractivity contribution < 1.29 is 10.2 Å². The molecule has 0 amide bonds. The van der Waals surface area contributed by atoms with Gasteiger partial charge in [0, 0.05) is 0 Å². The van der Waals surface area contributed by atoms with Crippen LogP contribution in [0.3, 0.4) is 0 Å². The summed E-state index contributed by atoms with van der Waals surface area (Å²) in [4.78, 5) is 0. The molecule has 1 heterocycles. The largest absolute Gasteiger partial charge is 0.479 e. The third-order valence-electron chi connectivity index (χ3n) is 0.613. The normalized spacial score (nSPS) is 27.6. The van der Waals surface area contributed by atoms with Crippen LogP contribution in [0.25, 0.3) is 0 Å². The molecule has 0 aromatic rings. The first-order chi connectivity index (χ1) is 3.79. The lowest BCUT2D eigenvalue weighted by atomic mass is 10.9. The van der Waals surface area contributed by atoms with Crippen molar-refractivity contribution in [3.05, 3.63) is 0 Å². The van der Waals surface area contributed by atoms with Gasteiger partial charge in [-0.3, -0.25) is 10.9 Å². The van der Waals surface area contributed by atoms with E-state index in [0.29, 0.717) is 0 Å². The summed E-state index contributed by atoms with van der Waals surface area (Å²) in [6.07, 6.45) is -0.939. The van der Waals surface area contributed by atoms with Crippen molar-refractivity contribution in [2.24, 2.45) is 5.10 Å². The van der Waals surface area contributed by atoms with Crippen LogP contribution in [0.1, 0.15) is 0 Å². The second-order valence-corrected chi connectivity index (χ2v) is 1.24. The summed E-state index contributed by atoms with van der Waals surface area (Å²) >= 11 is 0. The van der Waals surface area contributed by atoms with Gasteiger partial charge in [0.2, 0.25) is 6.35 Å². The highest BCUT2D eigenvalue weighted by molar-refractivity contribution is 5.70. The van der Waals surface area contributed by atoms with Crippen LogP contribution in [-0.4, -0.2) is 22.6 Å². The number of amidine groups is 1. The molecule has 0 aliphatic carbocycles. The van der Waals surface area contributed by atoms with Gasteiger partial charge >= 0.3 is 6.02 Å². The number of hydrazone groups is 1. The lowest BCUT2D eigenvalue weighted by Gasteiger charge is -2.17. The number of aliphatic hydroxyl groups excluding tert-OH is 2. The van der Waals surface area contributed by atoms with E-state index >= 15 is 0 Å². The summed E-state index contributed by atoms with van der Waals surface area (Å²) in [7, 11) is 0. The average Bonchev–Trinajstić information content (AvgIpc) is 1.77. The van der Waals surface area contributed by atoms with E-state index in [1.54, 1.807) is 0 Å².